The van der Waals surface area contributed by atoms with Crippen LogP contribution in [0.4, 0.5) is 0 Å². The highest BCUT2D eigenvalue weighted by atomic mass is 16.5. The lowest BCUT2D eigenvalue weighted by molar-refractivity contribution is 0.415. The van der Waals surface area contributed by atoms with Crippen molar-refractivity contribution in [3.8, 4) is 17.2 Å². The van der Waals surface area contributed by atoms with Crippen molar-refractivity contribution < 1.29 is 14.2 Å². The quantitative estimate of drug-likeness (QED) is 0.179. The van der Waals surface area contributed by atoms with E-state index in [-0.39, 0.29) is 0 Å². The molecule has 0 spiro atoms. The average Bonchev–Trinajstić information content (AvgIpc) is 3.04. The Labute approximate surface area is 242 Å². The zero-order valence-corrected chi connectivity index (χ0v) is 24.3. The summed E-state index contributed by atoms with van der Waals surface area (Å²) in [7, 11) is 5.16. The molecule has 6 aromatic rings. The van der Waals surface area contributed by atoms with Crippen LogP contribution in [0.1, 0.15) is 19.8 Å². The number of rotatable bonds is 9. The second-order valence-corrected chi connectivity index (χ2v) is 11.1. The van der Waals surface area contributed by atoms with E-state index < -0.39 is 6.15 Å². The summed E-state index contributed by atoms with van der Waals surface area (Å²) in [5.41, 5.74) is 4.07. The Hall–Kier alpha value is -4.44. The number of unbranched alkanes of at least 4 members (excludes halogenated alkanes) is 1. The van der Waals surface area contributed by atoms with Crippen LogP contribution in [0.15, 0.2) is 109 Å². The Morgan fingerprint density at radius 3 is 1.07 bits per heavy atom. The number of ether oxygens (including phenoxy) is 3. The van der Waals surface area contributed by atoms with Crippen LogP contribution >= 0.6 is 0 Å². The van der Waals surface area contributed by atoms with Crippen LogP contribution in [-0.2, 0) is 0 Å². The van der Waals surface area contributed by atoms with Gasteiger partial charge >= 0.3 is 0 Å². The average molecular weight is 540 g/mol. The van der Waals surface area contributed by atoms with Gasteiger partial charge in [0.15, 0.2) is 0 Å². The smallest absolute Gasteiger partial charge is 0.119 e. The van der Waals surface area contributed by atoms with E-state index in [9.17, 15) is 0 Å². The molecule has 0 heterocycles. The fourth-order valence-electron chi connectivity index (χ4n) is 6.62. The molecule has 0 N–H and O–H groups in total. The highest BCUT2D eigenvalue weighted by Crippen LogP contribution is 2.27. The fraction of sp³-hybridized carbons (Fsp3) is 0.189. The maximum Gasteiger partial charge on any atom is 0.119 e. The first kappa shape index (κ1) is 26.8. The van der Waals surface area contributed by atoms with Gasteiger partial charge in [0.2, 0.25) is 0 Å². The van der Waals surface area contributed by atoms with E-state index in [4.69, 9.17) is 14.2 Å². The number of hydrogen-bond acceptors (Lipinski definition) is 3. The largest absolute Gasteiger partial charge is 0.497 e. The highest BCUT2D eigenvalue weighted by Gasteiger charge is 2.30. The number of benzene rings is 6. The van der Waals surface area contributed by atoms with Gasteiger partial charge in [0.1, 0.15) is 17.2 Å². The minimum absolute atomic E-state index is 0.878. The molecule has 0 atom stereocenters. The molecule has 0 aromatic heterocycles. The van der Waals surface area contributed by atoms with Crippen molar-refractivity contribution in [2.75, 3.05) is 21.3 Å². The van der Waals surface area contributed by atoms with Gasteiger partial charge in [-0.1, -0.05) is 92.6 Å². The molecule has 0 saturated heterocycles. The van der Waals surface area contributed by atoms with E-state index in [0.29, 0.717) is 0 Å². The first-order chi connectivity index (χ1) is 20.1. The summed E-state index contributed by atoms with van der Waals surface area (Å²) in [5, 5.41) is 7.23. The number of hydrogen-bond donors (Lipinski definition) is 0. The lowest BCUT2D eigenvalue weighted by Gasteiger charge is -2.44. The molecule has 41 heavy (non-hydrogen) atoms. The van der Waals surface area contributed by atoms with Crippen LogP contribution in [0.3, 0.4) is 0 Å². The van der Waals surface area contributed by atoms with E-state index in [2.05, 4.69) is 116 Å². The number of fused-ring (bicyclic) bond motifs is 3. The second kappa shape index (κ2) is 11.2. The van der Waals surface area contributed by atoms with Crippen LogP contribution in [0.5, 0.6) is 17.2 Å². The van der Waals surface area contributed by atoms with Gasteiger partial charge in [0, 0.05) is 0 Å². The van der Waals surface area contributed by atoms with E-state index in [1.165, 1.54) is 48.7 Å². The summed E-state index contributed by atoms with van der Waals surface area (Å²) in [4.78, 5) is 0. The van der Waals surface area contributed by atoms with Crippen molar-refractivity contribution in [3.63, 3.8) is 0 Å². The van der Waals surface area contributed by atoms with Crippen LogP contribution in [0.2, 0.25) is 6.32 Å². The van der Waals surface area contributed by atoms with Crippen molar-refractivity contribution in [1.29, 1.82) is 0 Å². The van der Waals surface area contributed by atoms with Gasteiger partial charge in [-0.05, 0) is 68.7 Å². The third kappa shape index (κ3) is 4.89. The number of methoxy groups -OCH3 is 3. The molecule has 0 bridgehead atoms. The first-order valence-electron chi connectivity index (χ1n) is 14.5. The topological polar surface area (TPSA) is 27.7 Å². The second-order valence-electron chi connectivity index (χ2n) is 11.1. The molecule has 206 valence electrons. The minimum atomic E-state index is -1.29. The summed E-state index contributed by atoms with van der Waals surface area (Å²) in [6, 6.07) is 40.1. The highest BCUT2D eigenvalue weighted by molar-refractivity contribution is 7.11. The van der Waals surface area contributed by atoms with E-state index in [1.807, 2.05) is 0 Å². The monoisotopic (exact) mass is 539 g/mol. The predicted octanol–water partition coefficient (Wildman–Crippen LogP) is 7.44. The maximum absolute atomic E-state index is 5.51. The molecule has 6 aromatic carbocycles. The third-order valence-electron chi connectivity index (χ3n) is 8.91. The molecule has 0 fully saturated rings. The Kier molecular flexibility index (Phi) is 7.32. The van der Waals surface area contributed by atoms with Gasteiger partial charge in [-0.3, -0.25) is 0 Å². The van der Waals surface area contributed by atoms with Gasteiger partial charge < -0.3 is 14.2 Å². The van der Waals surface area contributed by atoms with Crippen LogP contribution < -0.4 is 30.6 Å². The van der Waals surface area contributed by atoms with E-state index in [0.717, 1.165) is 36.4 Å². The standard InChI is InChI=1S/C37H36BO3/c1-5-6-19-38(32-13-7-29-23-35(39-2)16-10-26(29)20-32,33-14-8-30-24-36(40-3)17-11-27(30)21-33)34-15-9-31-25-37(41-4)18-12-28(31)22-34/h7-18,20-25H,5-6,19H2,1-4H3/q-1. The molecule has 0 aliphatic rings. The zero-order chi connectivity index (χ0) is 28.4. The molecule has 0 radical (unpaired) electrons. The van der Waals surface area contributed by atoms with Gasteiger partial charge in [0.05, 0.1) is 27.5 Å². The van der Waals surface area contributed by atoms with Crippen molar-refractivity contribution >= 4 is 54.9 Å². The van der Waals surface area contributed by atoms with Crippen molar-refractivity contribution in [2.24, 2.45) is 0 Å². The maximum atomic E-state index is 5.51. The Morgan fingerprint density at radius 2 is 0.756 bits per heavy atom. The summed E-state index contributed by atoms with van der Waals surface area (Å²) in [6.07, 6.45) is 2.02. The summed E-state index contributed by atoms with van der Waals surface area (Å²) in [6.45, 7) is 2.28. The molecule has 3 nitrogen and oxygen atoms in total. The predicted molar refractivity (Wildman–Crippen MR) is 176 cm³/mol. The molecule has 0 aliphatic carbocycles. The van der Waals surface area contributed by atoms with E-state index in [1.54, 1.807) is 21.3 Å². The van der Waals surface area contributed by atoms with Crippen LogP contribution in [0.25, 0.3) is 32.3 Å². The SMILES string of the molecule is CCCC[B-](c1ccc2cc(OC)ccc2c1)(c1ccc2cc(OC)ccc2c1)c1ccc2cc(OC)ccc2c1. The van der Waals surface area contributed by atoms with E-state index >= 15 is 0 Å². The summed E-state index contributed by atoms with van der Waals surface area (Å²) < 4.78 is 16.5. The Balaban J connectivity index is 1.63. The summed E-state index contributed by atoms with van der Waals surface area (Å²) in [5.74, 6) is 2.63. The van der Waals surface area contributed by atoms with Gasteiger partial charge in [-0.25, -0.2) is 0 Å². The molecule has 0 unspecified atom stereocenters. The molecular weight excluding hydrogens is 503 g/mol. The fourth-order valence-corrected chi connectivity index (χ4v) is 6.62. The molecular formula is C37H36BO3-. The van der Waals surface area contributed by atoms with Gasteiger partial charge in [-0.15, -0.1) is 0 Å². The first-order valence-corrected chi connectivity index (χ1v) is 14.5. The Bertz CT molecular complexity index is 1650. The molecule has 4 heteroatoms. The van der Waals surface area contributed by atoms with Crippen LogP contribution in [-0.4, -0.2) is 27.5 Å². The van der Waals surface area contributed by atoms with Gasteiger partial charge in [0.25, 0.3) is 0 Å². The molecule has 6 rings (SSSR count). The van der Waals surface area contributed by atoms with Crippen molar-refractivity contribution in [2.45, 2.75) is 26.1 Å². The summed E-state index contributed by atoms with van der Waals surface area (Å²) >= 11 is 0. The zero-order valence-electron chi connectivity index (χ0n) is 24.3. The van der Waals surface area contributed by atoms with Crippen molar-refractivity contribution in [1.82, 2.24) is 0 Å². The normalized spacial score (nSPS) is 11.7. The van der Waals surface area contributed by atoms with Crippen molar-refractivity contribution in [3.05, 3.63) is 109 Å². The lowest BCUT2D eigenvalue weighted by atomic mass is 9.14. The molecule has 0 amide bonds. The minimum Gasteiger partial charge on any atom is -0.497 e. The van der Waals surface area contributed by atoms with Gasteiger partial charge in [-0.2, -0.15) is 22.7 Å². The molecule has 0 saturated carbocycles. The Morgan fingerprint density at radius 1 is 0.439 bits per heavy atom. The molecule has 0 aliphatic heterocycles. The third-order valence-corrected chi connectivity index (χ3v) is 8.91. The lowest BCUT2D eigenvalue weighted by Crippen LogP contribution is -2.67. The van der Waals surface area contributed by atoms with Crippen LogP contribution in [0, 0.1) is 0 Å².